The number of aliphatic hydroxyl groups is 1. The number of aryl methyl sites for hydroxylation is 1. The maximum atomic E-state index is 13.0. The Morgan fingerprint density at radius 3 is 2.47 bits per heavy atom. The summed E-state index contributed by atoms with van der Waals surface area (Å²) in [6.45, 7) is 2.79. The fraction of sp³-hybridized carbons (Fsp3) is 0.333. The number of hydrogen-bond acceptors (Lipinski definition) is 3. The first-order chi connectivity index (χ1) is 8.81. The van der Waals surface area contributed by atoms with Gasteiger partial charge in [0.05, 0.1) is 6.10 Å². The van der Waals surface area contributed by atoms with Crippen LogP contribution >= 0.6 is 0 Å². The van der Waals surface area contributed by atoms with Crippen molar-refractivity contribution in [3.05, 3.63) is 29.6 Å². The Bertz CT molecular complexity index is 491. The number of halogens is 1. The number of benzene rings is 1. The fourth-order valence-corrected chi connectivity index (χ4v) is 1.42. The van der Waals surface area contributed by atoms with E-state index in [0.29, 0.717) is 11.3 Å². The molecule has 0 aliphatic rings. The molecule has 0 fully saturated rings. The molecule has 0 radical (unpaired) electrons. The van der Waals surface area contributed by atoms with Crippen LogP contribution in [-0.2, 0) is 4.79 Å². The smallest absolute Gasteiger partial charge is 0.328 e. The first-order valence-electron chi connectivity index (χ1n) is 5.56. The van der Waals surface area contributed by atoms with Crippen molar-refractivity contribution in [2.75, 3.05) is 5.32 Å². The first-order valence-corrected chi connectivity index (χ1v) is 5.56. The highest BCUT2D eigenvalue weighted by Crippen LogP contribution is 2.13. The highest BCUT2D eigenvalue weighted by atomic mass is 19.1. The summed E-state index contributed by atoms with van der Waals surface area (Å²) in [5.74, 6) is -1.75. The number of anilines is 1. The van der Waals surface area contributed by atoms with E-state index in [2.05, 4.69) is 10.6 Å². The molecule has 1 aromatic rings. The third kappa shape index (κ3) is 4.22. The summed E-state index contributed by atoms with van der Waals surface area (Å²) >= 11 is 0. The van der Waals surface area contributed by atoms with E-state index in [1.165, 1.54) is 32.0 Å². The van der Waals surface area contributed by atoms with Crippen LogP contribution in [0.2, 0.25) is 0 Å². The number of aliphatic hydroxyl groups excluding tert-OH is 1. The maximum Gasteiger partial charge on any atom is 0.328 e. The molecule has 0 heterocycles. The van der Waals surface area contributed by atoms with Gasteiger partial charge in [-0.2, -0.15) is 0 Å². The van der Waals surface area contributed by atoms with Crippen molar-refractivity contribution in [1.29, 1.82) is 0 Å². The summed E-state index contributed by atoms with van der Waals surface area (Å²) in [6, 6.07) is 1.74. The van der Waals surface area contributed by atoms with E-state index in [9.17, 15) is 19.1 Å². The van der Waals surface area contributed by atoms with Gasteiger partial charge < -0.3 is 20.8 Å². The van der Waals surface area contributed by atoms with Gasteiger partial charge in [-0.25, -0.2) is 14.0 Å². The van der Waals surface area contributed by atoms with Crippen molar-refractivity contribution < 1.29 is 24.2 Å². The SMILES string of the molecule is Cc1cc(NC(=O)N[C@H](C(=O)O)[C@@H](C)O)ccc1F. The van der Waals surface area contributed by atoms with Gasteiger partial charge >= 0.3 is 12.0 Å². The second kappa shape index (κ2) is 6.14. The molecule has 19 heavy (non-hydrogen) atoms. The Kier molecular flexibility index (Phi) is 4.82. The van der Waals surface area contributed by atoms with E-state index >= 15 is 0 Å². The number of carboxylic acids is 1. The van der Waals surface area contributed by atoms with E-state index in [0.717, 1.165) is 0 Å². The average molecular weight is 270 g/mol. The van der Waals surface area contributed by atoms with Crippen LogP contribution in [0.1, 0.15) is 12.5 Å². The standard InChI is InChI=1S/C12H15FN2O4/c1-6-5-8(3-4-9(6)13)14-12(19)15-10(7(2)16)11(17)18/h3-5,7,10,16H,1-2H3,(H,17,18)(H2,14,15,19)/t7-,10+/m1/s1. The predicted octanol–water partition coefficient (Wildman–Crippen LogP) is 1.09. The van der Waals surface area contributed by atoms with Crippen LogP contribution in [0.5, 0.6) is 0 Å². The summed E-state index contributed by atoms with van der Waals surface area (Å²) in [4.78, 5) is 22.3. The number of carbonyl (C=O) groups excluding carboxylic acids is 1. The molecule has 0 saturated heterocycles. The van der Waals surface area contributed by atoms with E-state index in [1.54, 1.807) is 0 Å². The topological polar surface area (TPSA) is 98.7 Å². The van der Waals surface area contributed by atoms with Crippen LogP contribution in [0.15, 0.2) is 18.2 Å². The molecular weight excluding hydrogens is 255 g/mol. The molecule has 0 aromatic heterocycles. The van der Waals surface area contributed by atoms with Gasteiger partial charge in [-0.05, 0) is 37.6 Å². The zero-order valence-corrected chi connectivity index (χ0v) is 10.5. The number of carbonyl (C=O) groups is 2. The minimum absolute atomic E-state index is 0.325. The molecule has 2 amide bonds. The molecule has 0 spiro atoms. The van der Waals surface area contributed by atoms with Crippen LogP contribution in [0, 0.1) is 12.7 Å². The monoisotopic (exact) mass is 270 g/mol. The highest BCUT2D eigenvalue weighted by molar-refractivity contribution is 5.92. The molecule has 0 bridgehead atoms. The Morgan fingerprint density at radius 1 is 1.37 bits per heavy atom. The van der Waals surface area contributed by atoms with Gasteiger partial charge in [-0.3, -0.25) is 0 Å². The van der Waals surface area contributed by atoms with Crippen LogP contribution in [0.3, 0.4) is 0 Å². The molecule has 0 saturated carbocycles. The zero-order valence-electron chi connectivity index (χ0n) is 10.5. The molecule has 104 valence electrons. The summed E-state index contributed by atoms with van der Waals surface area (Å²) in [5.41, 5.74) is 0.675. The number of hydrogen-bond donors (Lipinski definition) is 4. The summed E-state index contributed by atoms with van der Waals surface area (Å²) in [7, 11) is 0. The second-order valence-corrected chi connectivity index (χ2v) is 4.12. The van der Waals surface area contributed by atoms with Crippen LogP contribution in [-0.4, -0.2) is 34.4 Å². The van der Waals surface area contributed by atoms with E-state index in [1.807, 2.05) is 0 Å². The van der Waals surface area contributed by atoms with E-state index < -0.39 is 30.0 Å². The molecule has 0 unspecified atom stereocenters. The lowest BCUT2D eigenvalue weighted by molar-refractivity contribution is -0.141. The van der Waals surface area contributed by atoms with Gasteiger partial charge in [0.25, 0.3) is 0 Å². The summed E-state index contributed by atoms with van der Waals surface area (Å²) < 4.78 is 13.0. The number of rotatable bonds is 4. The van der Waals surface area contributed by atoms with Crippen LogP contribution < -0.4 is 10.6 Å². The molecule has 2 atom stereocenters. The lowest BCUT2D eigenvalue weighted by Gasteiger charge is -2.17. The zero-order chi connectivity index (χ0) is 14.6. The second-order valence-electron chi connectivity index (χ2n) is 4.12. The maximum absolute atomic E-state index is 13.0. The quantitative estimate of drug-likeness (QED) is 0.658. The van der Waals surface area contributed by atoms with Gasteiger partial charge in [0.2, 0.25) is 0 Å². The predicted molar refractivity (Wildman–Crippen MR) is 66.4 cm³/mol. The van der Waals surface area contributed by atoms with Gasteiger partial charge in [0.1, 0.15) is 5.82 Å². The van der Waals surface area contributed by atoms with Crippen molar-refractivity contribution in [3.8, 4) is 0 Å². The number of aliphatic carboxylic acids is 1. The molecule has 6 nitrogen and oxygen atoms in total. The van der Waals surface area contributed by atoms with E-state index in [4.69, 9.17) is 5.11 Å². The molecule has 0 aliphatic heterocycles. The Balaban J connectivity index is 2.69. The number of urea groups is 1. The van der Waals surface area contributed by atoms with Gasteiger partial charge in [-0.15, -0.1) is 0 Å². The molecule has 0 aliphatic carbocycles. The minimum atomic E-state index is -1.42. The number of amides is 2. The van der Waals surface area contributed by atoms with Crippen LogP contribution in [0.4, 0.5) is 14.9 Å². The molecule has 1 aromatic carbocycles. The third-order valence-corrected chi connectivity index (χ3v) is 2.45. The van der Waals surface area contributed by atoms with Crippen molar-refractivity contribution in [2.24, 2.45) is 0 Å². The van der Waals surface area contributed by atoms with Crippen LogP contribution in [0.25, 0.3) is 0 Å². The summed E-state index contributed by atoms with van der Waals surface area (Å²) in [6.07, 6.45) is -1.24. The lowest BCUT2D eigenvalue weighted by atomic mass is 10.2. The van der Waals surface area contributed by atoms with Crippen molar-refractivity contribution in [3.63, 3.8) is 0 Å². The average Bonchev–Trinajstić information content (AvgIpc) is 2.30. The fourth-order valence-electron chi connectivity index (χ4n) is 1.42. The van der Waals surface area contributed by atoms with Gasteiger partial charge in [0.15, 0.2) is 6.04 Å². The number of carboxylic acid groups (broad SMARTS) is 1. The summed E-state index contributed by atoms with van der Waals surface area (Å²) in [5, 5.41) is 22.5. The minimum Gasteiger partial charge on any atom is -0.480 e. The highest BCUT2D eigenvalue weighted by Gasteiger charge is 2.24. The third-order valence-electron chi connectivity index (χ3n) is 2.45. The molecule has 1 rings (SSSR count). The molecule has 7 heteroatoms. The Labute approximate surface area is 109 Å². The largest absolute Gasteiger partial charge is 0.480 e. The van der Waals surface area contributed by atoms with E-state index in [-0.39, 0.29) is 0 Å². The van der Waals surface area contributed by atoms with Gasteiger partial charge in [-0.1, -0.05) is 0 Å². The first kappa shape index (κ1) is 14.9. The number of nitrogens with one attached hydrogen (secondary N) is 2. The molecular formula is C12H15FN2O4. The Morgan fingerprint density at radius 2 is 2.00 bits per heavy atom. The lowest BCUT2D eigenvalue weighted by Crippen LogP contribution is -2.49. The van der Waals surface area contributed by atoms with Crippen molar-refractivity contribution in [2.45, 2.75) is 26.0 Å². The van der Waals surface area contributed by atoms with Gasteiger partial charge in [0, 0.05) is 5.69 Å². The van der Waals surface area contributed by atoms with Crippen molar-refractivity contribution >= 4 is 17.7 Å². The van der Waals surface area contributed by atoms with Crippen molar-refractivity contribution in [1.82, 2.24) is 5.32 Å². The normalized spacial score (nSPS) is 13.5. The molecule has 4 N–H and O–H groups in total. The Hall–Kier alpha value is -2.15.